The molecule has 0 aliphatic heterocycles. The van der Waals surface area contributed by atoms with Gasteiger partial charge in [-0.3, -0.25) is 4.79 Å². The summed E-state index contributed by atoms with van der Waals surface area (Å²) in [5.74, 6) is 0.342. The fraction of sp³-hybridized carbons (Fsp3) is 0.273. The molecule has 148 valence electrons. The summed E-state index contributed by atoms with van der Waals surface area (Å²) in [4.78, 5) is 25.8. The average molecular weight is 383 g/mol. The summed E-state index contributed by atoms with van der Waals surface area (Å²) in [5, 5.41) is 0. The smallest absolute Gasteiger partial charge is 0.331 e. The van der Waals surface area contributed by atoms with Crippen LogP contribution in [0.3, 0.4) is 0 Å². The van der Waals surface area contributed by atoms with Crippen LogP contribution in [0.15, 0.2) is 54.6 Å². The number of nitrogens with zero attached hydrogens (tertiary/aromatic N) is 1. The lowest BCUT2D eigenvalue weighted by Gasteiger charge is -2.25. The first-order chi connectivity index (χ1) is 13.5. The normalized spacial score (nSPS) is 11.7. The van der Waals surface area contributed by atoms with E-state index in [9.17, 15) is 9.59 Å². The fourth-order valence-electron chi connectivity index (χ4n) is 2.58. The number of carbonyl (C=O) groups is 2. The average Bonchev–Trinajstić information content (AvgIpc) is 2.75. The van der Waals surface area contributed by atoms with Crippen molar-refractivity contribution >= 4 is 18.0 Å². The van der Waals surface area contributed by atoms with Crippen molar-refractivity contribution in [2.75, 3.05) is 27.9 Å². The number of likely N-dealkylation sites (N-methyl/N-ethyl adjacent to an activating group) is 1. The van der Waals surface area contributed by atoms with Crippen LogP contribution in [0.4, 0.5) is 0 Å². The second kappa shape index (κ2) is 10.2. The molecule has 0 saturated heterocycles. The van der Waals surface area contributed by atoms with Crippen molar-refractivity contribution in [3.8, 4) is 11.5 Å². The highest BCUT2D eigenvalue weighted by atomic mass is 16.5. The first-order valence-corrected chi connectivity index (χ1v) is 8.83. The van der Waals surface area contributed by atoms with E-state index in [1.165, 1.54) is 6.08 Å². The van der Waals surface area contributed by atoms with Crippen molar-refractivity contribution in [3.63, 3.8) is 0 Å². The van der Waals surface area contributed by atoms with Gasteiger partial charge in [0.2, 0.25) is 0 Å². The summed E-state index contributed by atoms with van der Waals surface area (Å²) in [6, 6.07) is 14.8. The highest BCUT2D eigenvalue weighted by Crippen LogP contribution is 2.25. The zero-order valence-electron chi connectivity index (χ0n) is 16.5. The lowest BCUT2D eigenvalue weighted by molar-refractivity contribution is -0.148. The Hall–Kier alpha value is -3.28. The van der Waals surface area contributed by atoms with Crippen molar-refractivity contribution in [3.05, 3.63) is 65.7 Å². The molecule has 0 saturated carbocycles. The van der Waals surface area contributed by atoms with E-state index in [1.807, 2.05) is 37.3 Å². The summed E-state index contributed by atoms with van der Waals surface area (Å²) in [6.07, 6.45) is 2.82. The molecule has 0 radical (unpaired) electrons. The van der Waals surface area contributed by atoms with Gasteiger partial charge >= 0.3 is 5.97 Å². The van der Waals surface area contributed by atoms with E-state index in [0.717, 1.165) is 5.56 Å². The summed E-state index contributed by atoms with van der Waals surface area (Å²) in [7, 11) is 4.78. The van der Waals surface area contributed by atoms with Gasteiger partial charge in [-0.25, -0.2) is 4.79 Å². The number of esters is 1. The predicted octanol–water partition coefficient (Wildman–Crippen LogP) is 3.48. The van der Waals surface area contributed by atoms with Crippen molar-refractivity contribution in [2.24, 2.45) is 0 Å². The zero-order valence-corrected chi connectivity index (χ0v) is 16.5. The summed E-state index contributed by atoms with van der Waals surface area (Å²) < 4.78 is 15.5. The second-order valence-corrected chi connectivity index (χ2v) is 6.14. The standard InChI is InChI=1S/C22H25NO5/c1-16(17-8-6-5-7-9-17)23(2)21(24)15-28-22(25)13-10-18-14-19(26-3)11-12-20(18)27-4/h5-14,16H,15H2,1-4H3/b13-10+. The molecule has 0 aliphatic rings. The van der Waals surface area contributed by atoms with Gasteiger partial charge in [0.1, 0.15) is 11.5 Å². The number of amides is 1. The van der Waals surface area contributed by atoms with Crippen LogP contribution in [0, 0.1) is 0 Å². The van der Waals surface area contributed by atoms with Gasteiger partial charge in [0.25, 0.3) is 5.91 Å². The monoisotopic (exact) mass is 383 g/mol. The third-order valence-corrected chi connectivity index (χ3v) is 4.43. The van der Waals surface area contributed by atoms with E-state index in [2.05, 4.69) is 0 Å². The van der Waals surface area contributed by atoms with E-state index in [4.69, 9.17) is 14.2 Å². The minimum Gasteiger partial charge on any atom is -0.497 e. The van der Waals surface area contributed by atoms with E-state index in [-0.39, 0.29) is 18.6 Å². The van der Waals surface area contributed by atoms with Gasteiger partial charge in [-0.15, -0.1) is 0 Å². The Kier molecular flexibility index (Phi) is 7.63. The Morgan fingerprint density at radius 2 is 1.79 bits per heavy atom. The van der Waals surface area contributed by atoms with Gasteiger partial charge in [0, 0.05) is 18.7 Å². The molecule has 0 fully saturated rings. The zero-order chi connectivity index (χ0) is 20.5. The number of benzene rings is 2. The SMILES string of the molecule is COc1ccc(OC)c(/C=C/C(=O)OCC(=O)N(C)C(C)c2ccccc2)c1. The van der Waals surface area contributed by atoms with Crippen molar-refractivity contribution in [1.29, 1.82) is 0 Å². The maximum atomic E-state index is 12.3. The molecule has 1 amide bonds. The fourth-order valence-corrected chi connectivity index (χ4v) is 2.58. The number of hydrogen-bond acceptors (Lipinski definition) is 5. The molecule has 1 unspecified atom stereocenters. The molecular formula is C22H25NO5. The number of methoxy groups -OCH3 is 2. The van der Waals surface area contributed by atoms with Crippen LogP contribution in [0.5, 0.6) is 11.5 Å². The van der Waals surface area contributed by atoms with Crippen LogP contribution in [0.25, 0.3) is 6.08 Å². The quantitative estimate of drug-likeness (QED) is 0.516. The molecule has 2 rings (SSSR count). The maximum Gasteiger partial charge on any atom is 0.331 e. The Morgan fingerprint density at radius 1 is 1.07 bits per heavy atom. The van der Waals surface area contributed by atoms with Crippen LogP contribution in [0.2, 0.25) is 0 Å². The highest BCUT2D eigenvalue weighted by Gasteiger charge is 2.18. The van der Waals surface area contributed by atoms with Gasteiger partial charge in [-0.1, -0.05) is 30.3 Å². The molecular weight excluding hydrogens is 358 g/mol. The molecule has 1 atom stereocenters. The Balaban J connectivity index is 1.93. The molecule has 0 heterocycles. The van der Waals surface area contributed by atoms with Crippen LogP contribution in [-0.2, 0) is 14.3 Å². The number of ether oxygens (including phenoxy) is 3. The van der Waals surface area contributed by atoms with Crippen LogP contribution >= 0.6 is 0 Å². The molecule has 0 spiro atoms. The lowest BCUT2D eigenvalue weighted by atomic mass is 10.1. The number of rotatable bonds is 8. The Bertz CT molecular complexity index is 832. The molecule has 0 aromatic heterocycles. The summed E-state index contributed by atoms with van der Waals surface area (Å²) in [5.41, 5.74) is 1.68. The highest BCUT2D eigenvalue weighted by molar-refractivity contribution is 5.89. The number of hydrogen-bond donors (Lipinski definition) is 0. The predicted molar refractivity (Wildman–Crippen MR) is 107 cm³/mol. The van der Waals surface area contributed by atoms with Crippen LogP contribution in [-0.4, -0.2) is 44.7 Å². The molecule has 28 heavy (non-hydrogen) atoms. The molecule has 6 heteroatoms. The van der Waals surface area contributed by atoms with Crippen molar-refractivity contribution < 1.29 is 23.8 Å². The van der Waals surface area contributed by atoms with Gasteiger partial charge < -0.3 is 19.1 Å². The van der Waals surface area contributed by atoms with Crippen LogP contribution < -0.4 is 9.47 Å². The topological polar surface area (TPSA) is 65.1 Å². The van der Waals surface area contributed by atoms with Crippen LogP contribution in [0.1, 0.15) is 24.1 Å². The minimum atomic E-state index is -0.612. The Morgan fingerprint density at radius 3 is 2.43 bits per heavy atom. The second-order valence-electron chi connectivity index (χ2n) is 6.14. The molecule has 0 aliphatic carbocycles. The first kappa shape index (κ1) is 21.0. The largest absolute Gasteiger partial charge is 0.497 e. The lowest BCUT2D eigenvalue weighted by Crippen LogP contribution is -2.33. The summed E-state index contributed by atoms with van der Waals surface area (Å²) in [6.45, 7) is 1.59. The van der Waals surface area contributed by atoms with E-state index >= 15 is 0 Å². The third-order valence-electron chi connectivity index (χ3n) is 4.43. The molecule has 0 N–H and O–H groups in total. The van der Waals surface area contributed by atoms with E-state index in [1.54, 1.807) is 50.4 Å². The van der Waals surface area contributed by atoms with Crippen molar-refractivity contribution in [2.45, 2.75) is 13.0 Å². The van der Waals surface area contributed by atoms with E-state index < -0.39 is 5.97 Å². The van der Waals surface area contributed by atoms with Gasteiger partial charge in [-0.2, -0.15) is 0 Å². The van der Waals surface area contributed by atoms with E-state index in [0.29, 0.717) is 17.1 Å². The van der Waals surface area contributed by atoms with Crippen molar-refractivity contribution in [1.82, 2.24) is 4.90 Å². The minimum absolute atomic E-state index is 0.121. The molecule has 2 aromatic rings. The van der Waals surface area contributed by atoms with Gasteiger partial charge in [0.15, 0.2) is 6.61 Å². The third kappa shape index (κ3) is 5.61. The number of carbonyl (C=O) groups excluding carboxylic acids is 2. The Labute approximate surface area is 165 Å². The maximum absolute atomic E-state index is 12.3. The molecule has 6 nitrogen and oxygen atoms in total. The molecule has 0 bridgehead atoms. The van der Waals surface area contributed by atoms with Gasteiger partial charge in [-0.05, 0) is 36.8 Å². The molecule has 2 aromatic carbocycles. The summed E-state index contributed by atoms with van der Waals surface area (Å²) >= 11 is 0. The van der Waals surface area contributed by atoms with Gasteiger partial charge in [0.05, 0.1) is 20.3 Å². The first-order valence-electron chi connectivity index (χ1n) is 8.83.